The maximum atomic E-state index is 13.0. The predicted molar refractivity (Wildman–Crippen MR) is 103 cm³/mol. The van der Waals surface area contributed by atoms with Gasteiger partial charge in [-0.15, -0.1) is 0 Å². The molecule has 0 saturated carbocycles. The van der Waals surface area contributed by atoms with Crippen LogP contribution in [0.2, 0.25) is 10.0 Å². The summed E-state index contributed by atoms with van der Waals surface area (Å²) < 4.78 is 0. The van der Waals surface area contributed by atoms with E-state index < -0.39 is 6.10 Å². The van der Waals surface area contributed by atoms with Crippen molar-refractivity contribution in [1.29, 1.82) is 0 Å². The summed E-state index contributed by atoms with van der Waals surface area (Å²) >= 11 is 12.1. The number of aliphatic hydroxyl groups is 1. The highest BCUT2D eigenvalue weighted by Crippen LogP contribution is 2.30. The molecule has 2 aromatic carbocycles. The number of carbonyl (C=O) groups is 1. The molecule has 5 heteroatoms. The Bertz CT molecular complexity index is 721. The largest absolute Gasteiger partial charge is 0.386 e. The zero-order valence-electron chi connectivity index (χ0n) is 14.6. The second kappa shape index (κ2) is 8.70. The van der Waals surface area contributed by atoms with Crippen LogP contribution in [0.1, 0.15) is 43.4 Å². The van der Waals surface area contributed by atoms with Crippen molar-refractivity contribution < 1.29 is 9.90 Å². The third-order valence-electron chi connectivity index (χ3n) is 4.61. The van der Waals surface area contributed by atoms with E-state index in [1.807, 2.05) is 50.2 Å². The molecule has 0 aliphatic heterocycles. The van der Waals surface area contributed by atoms with Crippen LogP contribution in [0, 0.1) is 0 Å². The second-order valence-electron chi connectivity index (χ2n) is 6.18. The standard InChI is InChI=1S/C20H23Cl2NO2/c1-4-16(15-10-11-17(21)18(22)12-15)20(25)23(3)13(2)19(24)14-8-6-5-7-9-14/h5-13,16,19,24H,4H2,1-3H3/t13-,16-,19+/m0/s1. The number of hydrogen-bond acceptors (Lipinski definition) is 2. The molecule has 3 atom stereocenters. The van der Waals surface area contributed by atoms with E-state index >= 15 is 0 Å². The van der Waals surface area contributed by atoms with Gasteiger partial charge in [0.1, 0.15) is 0 Å². The van der Waals surface area contributed by atoms with Crippen molar-refractivity contribution in [3.8, 4) is 0 Å². The first-order chi connectivity index (χ1) is 11.9. The van der Waals surface area contributed by atoms with Gasteiger partial charge in [0.25, 0.3) is 0 Å². The lowest BCUT2D eigenvalue weighted by atomic mass is 9.93. The van der Waals surface area contributed by atoms with Crippen molar-refractivity contribution in [2.75, 3.05) is 7.05 Å². The van der Waals surface area contributed by atoms with E-state index in [-0.39, 0.29) is 17.9 Å². The van der Waals surface area contributed by atoms with Gasteiger partial charge in [0, 0.05) is 7.05 Å². The van der Waals surface area contributed by atoms with E-state index in [1.165, 1.54) is 0 Å². The first-order valence-corrected chi connectivity index (χ1v) is 9.07. The van der Waals surface area contributed by atoms with Crippen LogP contribution in [-0.4, -0.2) is 29.0 Å². The van der Waals surface area contributed by atoms with Crippen molar-refractivity contribution in [2.24, 2.45) is 0 Å². The molecule has 0 bridgehead atoms. The van der Waals surface area contributed by atoms with E-state index in [9.17, 15) is 9.90 Å². The molecule has 1 amide bonds. The fourth-order valence-corrected chi connectivity index (χ4v) is 3.18. The van der Waals surface area contributed by atoms with E-state index in [1.54, 1.807) is 24.1 Å². The second-order valence-corrected chi connectivity index (χ2v) is 6.99. The average molecular weight is 380 g/mol. The topological polar surface area (TPSA) is 40.5 Å². The maximum absolute atomic E-state index is 13.0. The van der Waals surface area contributed by atoms with Crippen LogP contribution in [0.15, 0.2) is 48.5 Å². The number of nitrogens with zero attached hydrogens (tertiary/aromatic N) is 1. The van der Waals surface area contributed by atoms with Crippen LogP contribution >= 0.6 is 23.2 Å². The molecule has 0 aliphatic carbocycles. The van der Waals surface area contributed by atoms with Gasteiger partial charge in [0.05, 0.1) is 28.1 Å². The Morgan fingerprint density at radius 2 is 1.72 bits per heavy atom. The molecule has 25 heavy (non-hydrogen) atoms. The number of halogens is 2. The van der Waals surface area contributed by atoms with Gasteiger partial charge in [0.15, 0.2) is 0 Å². The highest BCUT2D eigenvalue weighted by molar-refractivity contribution is 6.42. The van der Waals surface area contributed by atoms with Crippen LogP contribution in [0.5, 0.6) is 0 Å². The minimum atomic E-state index is -0.749. The van der Waals surface area contributed by atoms with Gasteiger partial charge in [-0.05, 0) is 36.6 Å². The summed E-state index contributed by atoms with van der Waals surface area (Å²) in [5.74, 6) is -0.381. The van der Waals surface area contributed by atoms with Crippen LogP contribution < -0.4 is 0 Å². The third-order valence-corrected chi connectivity index (χ3v) is 5.35. The molecule has 134 valence electrons. The van der Waals surface area contributed by atoms with Gasteiger partial charge in [-0.3, -0.25) is 4.79 Å². The van der Waals surface area contributed by atoms with Gasteiger partial charge < -0.3 is 10.0 Å². The molecule has 1 N–H and O–H groups in total. The molecule has 0 heterocycles. The SMILES string of the molecule is CC[C@H](C(=O)N(C)[C@@H](C)[C@@H](O)c1ccccc1)c1ccc(Cl)c(Cl)c1. The Labute approximate surface area is 159 Å². The summed E-state index contributed by atoms with van der Waals surface area (Å²) in [7, 11) is 1.72. The van der Waals surface area contributed by atoms with Crippen LogP contribution in [0.3, 0.4) is 0 Å². The normalized spacial score (nSPS) is 14.6. The van der Waals surface area contributed by atoms with Gasteiger partial charge in [-0.1, -0.05) is 66.5 Å². The maximum Gasteiger partial charge on any atom is 0.230 e. The molecular weight excluding hydrogens is 357 g/mol. The summed E-state index contributed by atoms with van der Waals surface area (Å²) in [6.45, 7) is 3.80. The van der Waals surface area contributed by atoms with Crippen LogP contribution in [0.25, 0.3) is 0 Å². The number of aliphatic hydroxyl groups excluding tert-OH is 1. The summed E-state index contributed by atoms with van der Waals surface area (Å²) in [6.07, 6.45) is -0.114. The Balaban J connectivity index is 2.19. The van der Waals surface area contributed by atoms with Crippen LogP contribution in [0.4, 0.5) is 0 Å². The molecule has 0 radical (unpaired) electrons. The van der Waals surface area contributed by atoms with Gasteiger partial charge in [0.2, 0.25) is 5.91 Å². The number of carbonyl (C=O) groups excluding carboxylic acids is 1. The molecule has 0 spiro atoms. The molecular formula is C20H23Cl2NO2. The molecule has 2 rings (SSSR count). The van der Waals surface area contributed by atoms with Crippen molar-refractivity contribution in [3.05, 3.63) is 69.7 Å². The summed E-state index contributed by atoms with van der Waals surface area (Å²) in [5, 5.41) is 11.5. The molecule has 2 aromatic rings. The highest BCUT2D eigenvalue weighted by Gasteiger charge is 2.29. The monoisotopic (exact) mass is 379 g/mol. The fraction of sp³-hybridized carbons (Fsp3) is 0.350. The van der Waals surface area contributed by atoms with Crippen molar-refractivity contribution in [3.63, 3.8) is 0 Å². The number of amides is 1. The zero-order valence-corrected chi connectivity index (χ0v) is 16.1. The van der Waals surface area contributed by atoms with E-state index in [4.69, 9.17) is 23.2 Å². The lowest BCUT2D eigenvalue weighted by Gasteiger charge is -2.32. The lowest BCUT2D eigenvalue weighted by molar-refractivity contribution is -0.135. The Hall–Kier alpha value is -1.55. The number of hydrogen-bond donors (Lipinski definition) is 1. The number of benzene rings is 2. The number of likely N-dealkylation sites (N-methyl/N-ethyl adjacent to an activating group) is 1. The van der Waals surface area contributed by atoms with E-state index in [2.05, 4.69) is 0 Å². The Morgan fingerprint density at radius 1 is 1.08 bits per heavy atom. The summed E-state index contributed by atoms with van der Waals surface area (Å²) in [4.78, 5) is 14.6. The fourth-order valence-electron chi connectivity index (χ4n) is 2.87. The summed E-state index contributed by atoms with van der Waals surface area (Å²) in [6, 6.07) is 14.3. The van der Waals surface area contributed by atoms with Gasteiger partial charge in [-0.2, -0.15) is 0 Å². The van der Waals surface area contributed by atoms with Crippen molar-refractivity contribution in [1.82, 2.24) is 4.90 Å². The van der Waals surface area contributed by atoms with Crippen molar-refractivity contribution >= 4 is 29.1 Å². The Morgan fingerprint density at radius 3 is 2.28 bits per heavy atom. The first-order valence-electron chi connectivity index (χ1n) is 8.31. The highest BCUT2D eigenvalue weighted by atomic mass is 35.5. The van der Waals surface area contributed by atoms with Crippen molar-refractivity contribution in [2.45, 2.75) is 38.3 Å². The molecule has 0 unspecified atom stereocenters. The van der Waals surface area contributed by atoms with Gasteiger partial charge >= 0.3 is 0 Å². The minimum absolute atomic E-state index is 0.0524. The average Bonchev–Trinajstić information content (AvgIpc) is 2.64. The molecule has 0 aliphatic rings. The Kier molecular flexibility index (Phi) is 6.88. The first kappa shape index (κ1) is 19.8. The smallest absolute Gasteiger partial charge is 0.230 e. The minimum Gasteiger partial charge on any atom is -0.386 e. The lowest BCUT2D eigenvalue weighted by Crippen LogP contribution is -2.41. The zero-order chi connectivity index (χ0) is 18.6. The van der Waals surface area contributed by atoms with E-state index in [0.29, 0.717) is 16.5 Å². The third kappa shape index (κ3) is 4.55. The molecule has 3 nitrogen and oxygen atoms in total. The molecule has 0 fully saturated rings. The molecule has 0 aromatic heterocycles. The summed E-state index contributed by atoms with van der Waals surface area (Å²) in [5.41, 5.74) is 1.62. The number of rotatable bonds is 6. The van der Waals surface area contributed by atoms with E-state index in [0.717, 1.165) is 11.1 Å². The quantitative estimate of drug-likeness (QED) is 0.760. The molecule has 0 saturated heterocycles. The van der Waals surface area contributed by atoms with Crippen LogP contribution in [-0.2, 0) is 4.79 Å². The predicted octanol–water partition coefficient (Wildman–Crippen LogP) is 5.07. The van der Waals surface area contributed by atoms with Gasteiger partial charge in [-0.25, -0.2) is 0 Å².